The average Bonchev–Trinajstić information content (AvgIpc) is 2.40. The summed E-state index contributed by atoms with van der Waals surface area (Å²) in [6.07, 6.45) is 0. The van der Waals surface area contributed by atoms with Gasteiger partial charge in [0.25, 0.3) is 0 Å². The molecule has 0 aliphatic rings. The van der Waals surface area contributed by atoms with E-state index < -0.39 is 15.8 Å². The van der Waals surface area contributed by atoms with Crippen molar-refractivity contribution >= 4 is 21.6 Å². The van der Waals surface area contributed by atoms with Gasteiger partial charge in [-0.2, -0.15) is 4.31 Å². The predicted molar refractivity (Wildman–Crippen MR) is 83.4 cm³/mol. The minimum Gasteiger partial charge on any atom is -0.316 e. The van der Waals surface area contributed by atoms with Gasteiger partial charge in [0.05, 0.1) is 0 Å². The molecule has 120 valence electrons. The van der Waals surface area contributed by atoms with Gasteiger partial charge in [-0.15, -0.1) is 0 Å². The van der Waals surface area contributed by atoms with Gasteiger partial charge in [-0.05, 0) is 32.0 Å². The molecule has 0 amide bonds. The van der Waals surface area contributed by atoms with Crippen LogP contribution in [0.4, 0.5) is 4.39 Å². The standard InChI is InChI=1S/C14H22ClFN2O2S/c1-9(2)10(3)18(5)21(19,20)13-7-12(15)6-11(8-17-4)14(13)16/h6-7,9-10,17H,8H2,1-5H3. The molecule has 1 aromatic rings. The summed E-state index contributed by atoms with van der Waals surface area (Å²) in [6.45, 7) is 5.83. The van der Waals surface area contributed by atoms with Crippen LogP contribution in [-0.4, -0.2) is 32.9 Å². The fourth-order valence-electron chi connectivity index (χ4n) is 1.92. The Morgan fingerprint density at radius 1 is 1.33 bits per heavy atom. The summed E-state index contributed by atoms with van der Waals surface area (Å²) in [5.41, 5.74) is 0.231. The minimum atomic E-state index is -3.93. The second-order valence-electron chi connectivity index (χ2n) is 5.41. The largest absolute Gasteiger partial charge is 0.316 e. The summed E-state index contributed by atoms with van der Waals surface area (Å²) in [5, 5.41) is 2.99. The lowest BCUT2D eigenvalue weighted by molar-refractivity contribution is 0.314. The Morgan fingerprint density at radius 2 is 1.90 bits per heavy atom. The van der Waals surface area contributed by atoms with Gasteiger partial charge in [0.2, 0.25) is 10.0 Å². The van der Waals surface area contributed by atoms with Crippen molar-refractivity contribution in [3.63, 3.8) is 0 Å². The Hall–Kier alpha value is -0.690. The van der Waals surface area contributed by atoms with Gasteiger partial charge < -0.3 is 5.32 Å². The molecule has 0 spiro atoms. The maximum absolute atomic E-state index is 14.5. The molecule has 0 radical (unpaired) electrons. The van der Waals surface area contributed by atoms with Crippen LogP contribution in [0.1, 0.15) is 26.3 Å². The highest BCUT2D eigenvalue weighted by atomic mass is 35.5. The molecule has 0 aliphatic heterocycles. The van der Waals surface area contributed by atoms with E-state index in [9.17, 15) is 12.8 Å². The molecule has 0 aromatic heterocycles. The van der Waals surface area contributed by atoms with Crippen molar-refractivity contribution in [2.45, 2.75) is 38.3 Å². The Labute approximate surface area is 131 Å². The van der Waals surface area contributed by atoms with Crippen molar-refractivity contribution in [1.82, 2.24) is 9.62 Å². The van der Waals surface area contributed by atoms with E-state index in [1.54, 1.807) is 14.0 Å². The number of sulfonamides is 1. The van der Waals surface area contributed by atoms with E-state index in [-0.39, 0.29) is 34.0 Å². The lowest BCUT2D eigenvalue weighted by atomic mass is 10.1. The fraction of sp³-hybridized carbons (Fsp3) is 0.571. The molecule has 21 heavy (non-hydrogen) atoms. The van der Waals surface area contributed by atoms with Gasteiger partial charge >= 0.3 is 0 Å². The number of nitrogens with zero attached hydrogens (tertiary/aromatic N) is 1. The second kappa shape index (κ2) is 7.05. The lowest BCUT2D eigenvalue weighted by Crippen LogP contribution is -2.38. The van der Waals surface area contributed by atoms with Crippen LogP contribution in [0.5, 0.6) is 0 Å². The predicted octanol–water partition coefficient (Wildman–Crippen LogP) is 2.86. The molecule has 0 bridgehead atoms. The summed E-state index contributed by atoms with van der Waals surface area (Å²) in [7, 11) is -0.820. The first kappa shape index (κ1) is 18.4. The van der Waals surface area contributed by atoms with Gasteiger partial charge in [-0.25, -0.2) is 12.8 Å². The molecule has 0 saturated carbocycles. The van der Waals surface area contributed by atoms with Gasteiger partial charge in [0, 0.05) is 30.2 Å². The first-order chi connectivity index (χ1) is 9.62. The Morgan fingerprint density at radius 3 is 2.38 bits per heavy atom. The zero-order valence-electron chi connectivity index (χ0n) is 12.9. The third kappa shape index (κ3) is 3.94. The highest BCUT2D eigenvalue weighted by Crippen LogP contribution is 2.27. The second-order valence-corrected chi connectivity index (χ2v) is 7.82. The summed E-state index contributed by atoms with van der Waals surface area (Å²) in [6, 6.07) is 2.34. The van der Waals surface area contributed by atoms with Gasteiger partial charge in [0.1, 0.15) is 10.7 Å². The number of hydrogen-bond acceptors (Lipinski definition) is 3. The van der Waals surface area contributed by atoms with Crippen molar-refractivity contribution in [2.75, 3.05) is 14.1 Å². The van der Waals surface area contributed by atoms with Crippen LogP contribution < -0.4 is 5.32 Å². The molecule has 4 nitrogen and oxygen atoms in total. The summed E-state index contributed by atoms with van der Waals surface area (Å²) < 4.78 is 40.9. The van der Waals surface area contributed by atoms with Gasteiger partial charge in [0.15, 0.2) is 0 Å². The highest BCUT2D eigenvalue weighted by Gasteiger charge is 2.30. The first-order valence-electron chi connectivity index (χ1n) is 6.73. The van der Waals surface area contributed by atoms with Crippen LogP contribution in [0.15, 0.2) is 17.0 Å². The van der Waals surface area contributed by atoms with Crippen molar-refractivity contribution < 1.29 is 12.8 Å². The molecule has 1 atom stereocenters. The molecule has 0 heterocycles. The number of benzene rings is 1. The number of hydrogen-bond donors (Lipinski definition) is 1. The molecule has 0 saturated heterocycles. The van der Waals surface area contributed by atoms with Crippen LogP contribution in [0.3, 0.4) is 0 Å². The van der Waals surface area contributed by atoms with Crippen molar-refractivity contribution in [3.05, 3.63) is 28.5 Å². The van der Waals surface area contributed by atoms with E-state index in [0.717, 1.165) is 6.07 Å². The molecule has 1 N–H and O–H groups in total. The van der Waals surface area contributed by atoms with Crippen LogP contribution >= 0.6 is 11.6 Å². The zero-order chi connectivity index (χ0) is 16.4. The van der Waals surface area contributed by atoms with Crippen LogP contribution in [0.2, 0.25) is 5.02 Å². The van der Waals surface area contributed by atoms with E-state index in [1.807, 2.05) is 13.8 Å². The van der Waals surface area contributed by atoms with Crippen LogP contribution in [0, 0.1) is 11.7 Å². The van der Waals surface area contributed by atoms with Crippen molar-refractivity contribution in [2.24, 2.45) is 5.92 Å². The Bertz CT molecular complexity index is 605. The van der Waals surface area contributed by atoms with Crippen molar-refractivity contribution in [1.29, 1.82) is 0 Å². The summed E-state index contributed by atoms with van der Waals surface area (Å²) in [5.74, 6) is -0.639. The number of halogens is 2. The topological polar surface area (TPSA) is 49.4 Å². The van der Waals surface area contributed by atoms with E-state index in [1.165, 1.54) is 17.4 Å². The van der Waals surface area contributed by atoms with E-state index in [4.69, 9.17) is 11.6 Å². The molecule has 0 aliphatic carbocycles. The average molecular weight is 337 g/mol. The molecule has 7 heteroatoms. The normalized spacial score (nSPS) is 14.0. The molecule has 0 fully saturated rings. The molecule has 1 aromatic carbocycles. The molecule has 1 rings (SSSR count). The van der Waals surface area contributed by atoms with E-state index in [2.05, 4.69) is 5.32 Å². The maximum Gasteiger partial charge on any atom is 0.246 e. The number of nitrogens with one attached hydrogen (secondary N) is 1. The Balaban J connectivity index is 3.38. The third-order valence-electron chi connectivity index (χ3n) is 3.64. The molecule has 1 unspecified atom stereocenters. The molecular formula is C14H22ClFN2O2S. The zero-order valence-corrected chi connectivity index (χ0v) is 14.5. The van der Waals surface area contributed by atoms with Crippen LogP contribution in [0.25, 0.3) is 0 Å². The minimum absolute atomic E-state index is 0.115. The third-order valence-corrected chi connectivity index (χ3v) is 5.80. The van der Waals surface area contributed by atoms with Crippen LogP contribution in [-0.2, 0) is 16.6 Å². The van der Waals surface area contributed by atoms with E-state index >= 15 is 0 Å². The first-order valence-corrected chi connectivity index (χ1v) is 8.55. The summed E-state index contributed by atoms with van der Waals surface area (Å²) in [4.78, 5) is -0.379. The maximum atomic E-state index is 14.5. The Kier molecular flexibility index (Phi) is 6.16. The molecular weight excluding hydrogens is 315 g/mol. The smallest absolute Gasteiger partial charge is 0.246 e. The highest BCUT2D eigenvalue weighted by molar-refractivity contribution is 7.89. The summed E-state index contributed by atoms with van der Waals surface area (Å²) >= 11 is 5.93. The number of rotatable bonds is 6. The van der Waals surface area contributed by atoms with Crippen molar-refractivity contribution in [3.8, 4) is 0 Å². The van der Waals surface area contributed by atoms with Gasteiger partial charge in [-0.3, -0.25) is 0 Å². The van der Waals surface area contributed by atoms with Gasteiger partial charge in [-0.1, -0.05) is 25.4 Å². The quantitative estimate of drug-likeness (QED) is 0.869. The fourth-order valence-corrected chi connectivity index (χ4v) is 3.85. The monoisotopic (exact) mass is 336 g/mol. The SMILES string of the molecule is CNCc1cc(Cl)cc(S(=O)(=O)N(C)C(C)C(C)C)c1F. The lowest BCUT2D eigenvalue weighted by Gasteiger charge is -2.27. The van der Waals surface area contributed by atoms with E-state index in [0.29, 0.717) is 0 Å².